The van der Waals surface area contributed by atoms with Gasteiger partial charge in [-0.15, -0.1) is 0 Å². The van der Waals surface area contributed by atoms with Crippen molar-refractivity contribution in [1.82, 2.24) is 5.32 Å². The van der Waals surface area contributed by atoms with Crippen molar-refractivity contribution < 1.29 is 14.0 Å². The van der Waals surface area contributed by atoms with Gasteiger partial charge < -0.3 is 10.6 Å². The lowest BCUT2D eigenvalue weighted by molar-refractivity contribution is -0.115. The zero-order chi connectivity index (χ0) is 16.1. The van der Waals surface area contributed by atoms with Gasteiger partial charge in [0.05, 0.1) is 6.42 Å². The number of anilines is 1. The van der Waals surface area contributed by atoms with Crippen LogP contribution in [0, 0.1) is 12.7 Å². The van der Waals surface area contributed by atoms with E-state index in [1.165, 1.54) is 6.07 Å². The first kappa shape index (κ1) is 15.7. The third-order valence-electron chi connectivity index (χ3n) is 3.30. The lowest BCUT2D eigenvalue weighted by atomic mass is 10.1. The van der Waals surface area contributed by atoms with Crippen molar-refractivity contribution in [3.05, 3.63) is 65.0 Å². The predicted octanol–water partition coefficient (Wildman–Crippen LogP) is 2.67. The molecular weight excluding hydrogens is 283 g/mol. The van der Waals surface area contributed by atoms with Crippen molar-refractivity contribution in [3.8, 4) is 0 Å². The summed E-state index contributed by atoms with van der Waals surface area (Å²) in [6.45, 7) is 1.80. The Kier molecular flexibility index (Phi) is 4.88. The van der Waals surface area contributed by atoms with Crippen LogP contribution in [0.1, 0.15) is 21.5 Å². The lowest BCUT2D eigenvalue weighted by Crippen LogP contribution is -2.19. The number of hydrogen-bond acceptors (Lipinski definition) is 2. The van der Waals surface area contributed by atoms with Crippen LogP contribution in [0.5, 0.6) is 0 Å². The summed E-state index contributed by atoms with van der Waals surface area (Å²) in [5, 5.41) is 5.27. The molecule has 0 bridgehead atoms. The Morgan fingerprint density at radius 1 is 1.14 bits per heavy atom. The molecule has 114 valence electrons. The highest BCUT2D eigenvalue weighted by molar-refractivity contribution is 5.96. The Morgan fingerprint density at radius 3 is 2.50 bits per heavy atom. The van der Waals surface area contributed by atoms with Gasteiger partial charge in [-0.2, -0.15) is 0 Å². The maximum atomic E-state index is 13.5. The Morgan fingerprint density at radius 2 is 1.86 bits per heavy atom. The Bertz CT molecular complexity index is 714. The van der Waals surface area contributed by atoms with E-state index in [1.54, 1.807) is 50.4 Å². The summed E-state index contributed by atoms with van der Waals surface area (Å²) in [7, 11) is 1.56. The topological polar surface area (TPSA) is 58.2 Å². The van der Waals surface area contributed by atoms with Gasteiger partial charge in [-0.05, 0) is 42.3 Å². The van der Waals surface area contributed by atoms with Crippen LogP contribution in [0.15, 0.2) is 42.5 Å². The lowest BCUT2D eigenvalue weighted by Gasteiger charge is -2.10. The standard InChI is InChI=1S/C17H17FN2O2/c1-11-9-13(17(22)19-2)7-8-15(11)20-16(21)10-12-5-3-4-6-14(12)18/h3-9H,10H2,1-2H3,(H,19,22)(H,20,21). The zero-order valence-electron chi connectivity index (χ0n) is 12.4. The van der Waals surface area contributed by atoms with Gasteiger partial charge in [-0.3, -0.25) is 9.59 Å². The molecule has 0 spiro atoms. The summed E-state index contributed by atoms with van der Waals surface area (Å²) in [6, 6.07) is 11.2. The molecule has 0 aliphatic carbocycles. The molecule has 0 heterocycles. The van der Waals surface area contributed by atoms with E-state index in [1.807, 2.05) is 0 Å². The number of aryl methyl sites for hydroxylation is 1. The van der Waals surface area contributed by atoms with Crippen molar-refractivity contribution in [3.63, 3.8) is 0 Å². The molecular formula is C17H17FN2O2. The van der Waals surface area contributed by atoms with E-state index < -0.39 is 5.82 Å². The minimum Gasteiger partial charge on any atom is -0.355 e. The number of hydrogen-bond donors (Lipinski definition) is 2. The number of carbonyl (C=O) groups excluding carboxylic acids is 2. The average Bonchev–Trinajstić information content (AvgIpc) is 2.50. The number of rotatable bonds is 4. The van der Waals surface area contributed by atoms with Crippen LogP contribution >= 0.6 is 0 Å². The predicted molar refractivity (Wildman–Crippen MR) is 83.3 cm³/mol. The first-order valence-electron chi connectivity index (χ1n) is 6.87. The molecule has 0 saturated carbocycles. The number of nitrogens with one attached hydrogen (secondary N) is 2. The molecule has 2 rings (SSSR count). The highest BCUT2D eigenvalue weighted by Gasteiger charge is 2.10. The third-order valence-corrected chi connectivity index (χ3v) is 3.30. The van der Waals surface area contributed by atoms with Crippen molar-refractivity contribution in [1.29, 1.82) is 0 Å². The molecule has 0 atom stereocenters. The largest absolute Gasteiger partial charge is 0.355 e. The van der Waals surface area contributed by atoms with Crippen molar-refractivity contribution in [2.75, 3.05) is 12.4 Å². The minimum atomic E-state index is -0.399. The van der Waals surface area contributed by atoms with E-state index >= 15 is 0 Å². The molecule has 22 heavy (non-hydrogen) atoms. The first-order chi connectivity index (χ1) is 10.5. The Labute approximate surface area is 128 Å². The Hall–Kier alpha value is -2.69. The molecule has 5 heteroatoms. The minimum absolute atomic E-state index is 0.0384. The molecule has 2 N–H and O–H groups in total. The van der Waals surface area contributed by atoms with Crippen LogP contribution in [-0.2, 0) is 11.2 Å². The van der Waals surface area contributed by atoms with Gasteiger partial charge in [0.15, 0.2) is 0 Å². The van der Waals surface area contributed by atoms with Crippen LogP contribution in [-0.4, -0.2) is 18.9 Å². The first-order valence-corrected chi connectivity index (χ1v) is 6.87. The molecule has 0 aromatic heterocycles. The molecule has 2 aromatic carbocycles. The third kappa shape index (κ3) is 3.69. The molecule has 2 amide bonds. The van der Waals surface area contributed by atoms with E-state index in [2.05, 4.69) is 10.6 Å². The molecule has 0 saturated heterocycles. The molecule has 0 fully saturated rings. The van der Waals surface area contributed by atoms with E-state index in [0.29, 0.717) is 16.8 Å². The summed E-state index contributed by atoms with van der Waals surface area (Å²) in [5.41, 5.74) is 2.24. The van der Waals surface area contributed by atoms with Crippen LogP contribution in [0.4, 0.5) is 10.1 Å². The summed E-state index contributed by atoms with van der Waals surface area (Å²) < 4.78 is 13.5. The molecule has 0 aliphatic heterocycles. The fourth-order valence-electron chi connectivity index (χ4n) is 2.10. The number of carbonyl (C=O) groups is 2. The van der Waals surface area contributed by atoms with Crippen LogP contribution in [0.3, 0.4) is 0 Å². The highest BCUT2D eigenvalue weighted by atomic mass is 19.1. The molecule has 2 aromatic rings. The van der Waals surface area contributed by atoms with Crippen molar-refractivity contribution in [2.24, 2.45) is 0 Å². The van der Waals surface area contributed by atoms with Gasteiger partial charge in [-0.25, -0.2) is 4.39 Å². The zero-order valence-corrected chi connectivity index (χ0v) is 12.4. The molecule has 0 aliphatic rings. The van der Waals surface area contributed by atoms with E-state index in [0.717, 1.165) is 5.56 Å². The van der Waals surface area contributed by atoms with Gasteiger partial charge >= 0.3 is 0 Å². The maximum absolute atomic E-state index is 13.5. The monoisotopic (exact) mass is 300 g/mol. The smallest absolute Gasteiger partial charge is 0.251 e. The average molecular weight is 300 g/mol. The highest BCUT2D eigenvalue weighted by Crippen LogP contribution is 2.17. The quantitative estimate of drug-likeness (QED) is 0.912. The van der Waals surface area contributed by atoms with Gasteiger partial charge in [0.1, 0.15) is 5.82 Å². The summed E-state index contributed by atoms with van der Waals surface area (Å²) >= 11 is 0. The molecule has 4 nitrogen and oxygen atoms in total. The van der Waals surface area contributed by atoms with Gasteiger partial charge in [0.2, 0.25) is 5.91 Å². The molecule has 0 radical (unpaired) electrons. The van der Waals surface area contributed by atoms with E-state index in [-0.39, 0.29) is 18.2 Å². The number of benzene rings is 2. The number of halogens is 1. The van der Waals surface area contributed by atoms with Crippen molar-refractivity contribution >= 4 is 17.5 Å². The fraction of sp³-hybridized carbons (Fsp3) is 0.176. The van der Waals surface area contributed by atoms with Gasteiger partial charge in [-0.1, -0.05) is 18.2 Å². The normalized spacial score (nSPS) is 10.1. The summed E-state index contributed by atoms with van der Waals surface area (Å²) in [5.74, 6) is -0.891. The molecule has 0 unspecified atom stereocenters. The van der Waals surface area contributed by atoms with Gasteiger partial charge in [0.25, 0.3) is 5.91 Å². The van der Waals surface area contributed by atoms with Gasteiger partial charge in [0, 0.05) is 18.3 Å². The SMILES string of the molecule is CNC(=O)c1ccc(NC(=O)Cc2ccccc2F)c(C)c1. The maximum Gasteiger partial charge on any atom is 0.251 e. The van der Waals surface area contributed by atoms with Crippen LogP contribution in [0.2, 0.25) is 0 Å². The summed E-state index contributed by atoms with van der Waals surface area (Å²) in [4.78, 5) is 23.5. The fourth-order valence-corrected chi connectivity index (χ4v) is 2.10. The van der Waals surface area contributed by atoms with Crippen LogP contribution < -0.4 is 10.6 Å². The second-order valence-corrected chi connectivity index (χ2v) is 4.93. The second kappa shape index (κ2) is 6.85. The Balaban J connectivity index is 2.09. The number of amides is 2. The van der Waals surface area contributed by atoms with E-state index in [9.17, 15) is 14.0 Å². The van der Waals surface area contributed by atoms with Crippen molar-refractivity contribution in [2.45, 2.75) is 13.3 Å². The summed E-state index contributed by atoms with van der Waals surface area (Å²) in [6.07, 6.45) is -0.0384. The van der Waals surface area contributed by atoms with E-state index in [4.69, 9.17) is 0 Å². The second-order valence-electron chi connectivity index (χ2n) is 4.93. The van der Waals surface area contributed by atoms with Crippen LogP contribution in [0.25, 0.3) is 0 Å².